The third-order valence-corrected chi connectivity index (χ3v) is 3.25. The second-order valence-electron chi connectivity index (χ2n) is 3.84. The van der Waals surface area contributed by atoms with Crippen molar-refractivity contribution in [1.29, 1.82) is 0 Å². The van der Waals surface area contributed by atoms with Gasteiger partial charge in [-0.15, -0.1) is 0 Å². The Hall–Kier alpha value is -1.94. The molecule has 0 saturated heterocycles. The summed E-state index contributed by atoms with van der Waals surface area (Å²) in [5.74, 6) is 0. The molecule has 0 bridgehead atoms. The number of pyridine rings is 1. The van der Waals surface area contributed by atoms with Crippen LogP contribution in [0.5, 0.6) is 0 Å². The van der Waals surface area contributed by atoms with Crippen LogP contribution < -0.4 is 4.80 Å². The number of hydrogen-bond acceptors (Lipinski definition) is 3. The van der Waals surface area contributed by atoms with Crippen LogP contribution in [0.15, 0.2) is 53.7 Å². The number of hydrogen-bond donors (Lipinski definition) is 0. The van der Waals surface area contributed by atoms with Crippen LogP contribution in [0.2, 0.25) is 0 Å². The van der Waals surface area contributed by atoms with Crippen LogP contribution >= 0.6 is 11.5 Å². The van der Waals surface area contributed by atoms with E-state index in [2.05, 4.69) is 28.4 Å². The van der Waals surface area contributed by atoms with Crippen LogP contribution in [0.1, 0.15) is 5.56 Å². The summed E-state index contributed by atoms with van der Waals surface area (Å²) in [6.45, 7) is 2.07. The monoisotopic (exact) mass is 241 g/mol. The maximum absolute atomic E-state index is 4.59. The maximum atomic E-state index is 4.59. The fourth-order valence-corrected chi connectivity index (χ4v) is 2.32. The Morgan fingerprint density at radius 1 is 1.12 bits per heavy atom. The van der Waals surface area contributed by atoms with Gasteiger partial charge < -0.3 is 0 Å². The zero-order valence-corrected chi connectivity index (χ0v) is 10.2. The van der Waals surface area contributed by atoms with E-state index in [1.165, 1.54) is 17.1 Å². The first-order valence-electron chi connectivity index (χ1n) is 5.37. The van der Waals surface area contributed by atoms with Crippen molar-refractivity contribution >= 4 is 22.9 Å². The molecule has 2 heterocycles. The lowest BCUT2D eigenvalue weighted by molar-refractivity contribution is 1.09. The van der Waals surface area contributed by atoms with Crippen LogP contribution in [-0.4, -0.2) is 8.77 Å². The molecule has 17 heavy (non-hydrogen) atoms. The number of fused-ring (bicyclic) bond motifs is 1. The highest BCUT2D eigenvalue weighted by atomic mass is 32.1. The van der Waals surface area contributed by atoms with Crippen LogP contribution in [0.4, 0.5) is 5.69 Å². The van der Waals surface area contributed by atoms with Gasteiger partial charge in [0.2, 0.25) is 4.80 Å². The van der Waals surface area contributed by atoms with E-state index < -0.39 is 0 Å². The van der Waals surface area contributed by atoms with Crippen molar-refractivity contribution in [3.63, 3.8) is 0 Å². The first kappa shape index (κ1) is 10.2. The van der Waals surface area contributed by atoms with Crippen molar-refractivity contribution < 1.29 is 0 Å². The molecule has 0 atom stereocenters. The second-order valence-corrected chi connectivity index (χ2v) is 4.57. The molecule has 3 rings (SSSR count). The number of aromatic nitrogens is 2. The third kappa shape index (κ3) is 1.99. The molecule has 0 radical (unpaired) electrons. The summed E-state index contributed by atoms with van der Waals surface area (Å²) in [7, 11) is 0. The molecule has 0 aliphatic rings. The van der Waals surface area contributed by atoms with Crippen LogP contribution in [0, 0.1) is 6.92 Å². The highest BCUT2D eigenvalue weighted by molar-refractivity contribution is 7.03. The predicted octanol–water partition coefficient (Wildman–Crippen LogP) is 2.94. The van der Waals surface area contributed by atoms with Gasteiger partial charge in [-0.05, 0) is 31.2 Å². The summed E-state index contributed by atoms with van der Waals surface area (Å²) < 4.78 is 6.33. The summed E-state index contributed by atoms with van der Waals surface area (Å²) >= 11 is 1.41. The number of benzene rings is 1. The van der Waals surface area contributed by atoms with Gasteiger partial charge in [-0.1, -0.05) is 23.8 Å². The Kier molecular flexibility index (Phi) is 2.49. The number of aryl methyl sites for hydroxylation is 1. The van der Waals surface area contributed by atoms with E-state index >= 15 is 0 Å². The van der Waals surface area contributed by atoms with Gasteiger partial charge in [0.25, 0.3) is 0 Å². The molecule has 3 nitrogen and oxygen atoms in total. The Morgan fingerprint density at radius 2 is 1.94 bits per heavy atom. The van der Waals surface area contributed by atoms with Crippen LogP contribution in [-0.2, 0) is 0 Å². The summed E-state index contributed by atoms with van der Waals surface area (Å²) in [6.07, 6.45) is 1.98. The van der Waals surface area contributed by atoms with Gasteiger partial charge in [0.15, 0.2) is 5.65 Å². The summed E-state index contributed by atoms with van der Waals surface area (Å²) in [4.78, 5) is 5.48. The van der Waals surface area contributed by atoms with Crippen LogP contribution in [0.3, 0.4) is 0 Å². The van der Waals surface area contributed by atoms with Crippen molar-refractivity contribution in [3.8, 4) is 0 Å². The third-order valence-electron chi connectivity index (χ3n) is 2.52. The highest BCUT2D eigenvalue weighted by Gasteiger charge is 1.97. The first-order chi connectivity index (χ1) is 8.33. The Labute approximate surface area is 103 Å². The summed E-state index contributed by atoms with van der Waals surface area (Å²) in [5.41, 5.74) is 3.13. The Bertz CT molecular complexity index is 707. The molecule has 84 valence electrons. The minimum absolute atomic E-state index is 0.893. The van der Waals surface area contributed by atoms with E-state index in [1.807, 2.05) is 40.9 Å². The molecule has 4 heteroatoms. The van der Waals surface area contributed by atoms with Crippen molar-refractivity contribution in [2.75, 3.05) is 0 Å². The number of nitrogens with zero attached hydrogens (tertiary/aromatic N) is 3. The lowest BCUT2D eigenvalue weighted by Crippen LogP contribution is -2.04. The molecule has 1 aromatic carbocycles. The average Bonchev–Trinajstić information content (AvgIpc) is 2.76. The van der Waals surface area contributed by atoms with Gasteiger partial charge in [0.1, 0.15) is 0 Å². The first-order valence-corrected chi connectivity index (χ1v) is 6.15. The normalized spacial score (nSPS) is 12.2. The summed E-state index contributed by atoms with van der Waals surface area (Å²) in [5, 5.41) is 0. The lowest BCUT2D eigenvalue weighted by Gasteiger charge is -1.94. The largest absolute Gasteiger partial charge is 0.275 e. The van der Waals surface area contributed by atoms with Crippen molar-refractivity contribution in [1.82, 2.24) is 8.77 Å². The van der Waals surface area contributed by atoms with Crippen molar-refractivity contribution in [3.05, 3.63) is 59.0 Å². The average molecular weight is 241 g/mol. The quantitative estimate of drug-likeness (QED) is 0.644. The van der Waals surface area contributed by atoms with Crippen molar-refractivity contribution in [2.45, 2.75) is 6.92 Å². The lowest BCUT2D eigenvalue weighted by atomic mass is 10.2. The molecular weight excluding hydrogens is 230 g/mol. The van der Waals surface area contributed by atoms with Crippen molar-refractivity contribution in [2.24, 2.45) is 4.99 Å². The van der Waals surface area contributed by atoms with E-state index in [0.29, 0.717) is 0 Å². The molecule has 3 aromatic rings. The standard InChI is InChI=1S/C13H11N3S/c1-10-5-7-11(8-6-10)14-13-16-9-3-2-4-12(16)15-17-13/h2-9H,1H3/b14-13-. The van der Waals surface area contributed by atoms with E-state index in [1.54, 1.807) is 0 Å². The molecule has 0 unspecified atom stereocenters. The summed E-state index contributed by atoms with van der Waals surface area (Å²) in [6, 6.07) is 14.1. The van der Waals surface area contributed by atoms with E-state index in [0.717, 1.165) is 16.1 Å². The Morgan fingerprint density at radius 3 is 2.76 bits per heavy atom. The molecule has 0 spiro atoms. The molecule has 2 aromatic heterocycles. The SMILES string of the molecule is Cc1ccc(/N=c2\snc3ccccn23)cc1. The predicted molar refractivity (Wildman–Crippen MR) is 69.5 cm³/mol. The van der Waals surface area contributed by atoms with Gasteiger partial charge in [0.05, 0.1) is 5.69 Å². The molecule has 0 aliphatic carbocycles. The maximum Gasteiger partial charge on any atom is 0.213 e. The topological polar surface area (TPSA) is 29.7 Å². The van der Waals surface area contributed by atoms with Crippen LogP contribution in [0.25, 0.3) is 5.65 Å². The molecule has 0 aliphatic heterocycles. The minimum Gasteiger partial charge on any atom is -0.275 e. The molecule has 0 N–H and O–H groups in total. The molecular formula is C13H11N3S. The zero-order chi connectivity index (χ0) is 11.7. The van der Waals surface area contributed by atoms with Gasteiger partial charge in [-0.25, -0.2) is 4.99 Å². The number of rotatable bonds is 1. The van der Waals surface area contributed by atoms with Gasteiger partial charge in [0, 0.05) is 17.7 Å². The second kappa shape index (κ2) is 4.14. The van der Waals surface area contributed by atoms with E-state index in [-0.39, 0.29) is 0 Å². The molecule has 0 amide bonds. The Balaban J connectivity index is 2.18. The molecule has 0 saturated carbocycles. The molecule has 0 fully saturated rings. The van der Waals surface area contributed by atoms with E-state index in [4.69, 9.17) is 0 Å². The zero-order valence-electron chi connectivity index (χ0n) is 9.37. The van der Waals surface area contributed by atoms with E-state index in [9.17, 15) is 0 Å². The van der Waals surface area contributed by atoms with Gasteiger partial charge in [-0.3, -0.25) is 4.40 Å². The minimum atomic E-state index is 0.893. The highest BCUT2D eigenvalue weighted by Crippen LogP contribution is 2.11. The van der Waals surface area contributed by atoms with Gasteiger partial charge >= 0.3 is 0 Å². The fourth-order valence-electron chi connectivity index (χ4n) is 1.61. The fraction of sp³-hybridized carbons (Fsp3) is 0.0769. The van der Waals surface area contributed by atoms with Gasteiger partial charge in [-0.2, -0.15) is 4.37 Å². The smallest absolute Gasteiger partial charge is 0.213 e.